The highest BCUT2D eigenvalue weighted by atomic mass is 32.1. The number of rotatable bonds is 4. The van der Waals surface area contributed by atoms with Gasteiger partial charge in [-0.2, -0.15) is 0 Å². The van der Waals surface area contributed by atoms with Crippen LogP contribution in [0.15, 0.2) is 36.1 Å². The molecule has 0 aliphatic rings. The molecule has 7 nitrogen and oxygen atoms in total. The van der Waals surface area contributed by atoms with E-state index in [4.69, 9.17) is 11.1 Å². The van der Waals surface area contributed by atoms with Crippen LogP contribution in [0.5, 0.6) is 0 Å². The van der Waals surface area contributed by atoms with E-state index in [2.05, 4.69) is 25.5 Å². The highest BCUT2D eigenvalue weighted by Gasteiger charge is 2.05. The zero-order valence-electron chi connectivity index (χ0n) is 10.8. The first-order valence-electron chi connectivity index (χ1n) is 6.03. The predicted octanol–water partition coefficient (Wildman–Crippen LogP) is 2.17. The van der Waals surface area contributed by atoms with E-state index in [-0.39, 0.29) is 0 Å². The number of aromatic nitrogens is 4. The van der Waals surface area contributed by atoms with Crippen molar-refractivity contribution in [3.63, 3.8) is 0 Å². The summed E-state index contributed by atoms with van der Waals surface area (Å²) < 4.78 is 0. The summed E-state index contributed by atoms with van der Waals surface area (Å²) in [5.41, 5.74) is 9.96. The third-order valence-corrected chi connectivity index (χ3v) is 3.41. The van der Waals surface area contributed by atoms with Crippen LogP contribution in [0.3, 0.4) is 0 Å². The summed E-state index contributed by atoms with van der Waals surface area (Å²) in [7, 11) is 0. The molecule has 0 spiro atoms. The molecule has 3 heterocycles. The monoisotopic (exact) mass is 297 g/mol. The molecule has 0 amide bonds. The molecule has 3 rings (SSSR count). The average molecular weight is 297 g/mol. The Kier molecular flexibility index (Phi) is 3.52. The van der Waals surface area contributed by atoms with Gasteiger partial charge in [-0.1, -0.05) is 11.3 Å². The van der Waals surface area contributed by atoms with Crippen LogP contribution in [0.25, 0.3) is 16.6 Å². The van der Waals surface area contributed by atoms with Crippen molar-refractivity contribution in [2.24, 2.45) is 5.73 Å². The first kappa shape index (κ1) is 13.1. The SMILES string of the molecule is N=CC(=CN)c1cnc2ccc(Nc3nncs3)nc2c1. The Labute approximate surface area is 124 Å². The van der Waals surface area contributed by atoms with Gasteiger partial charge in [-0.05, 0) is 18.2 Å². The number of nitrogens with two attached hydrogens (primary N) is 1. The van der Waals surface area contributed by atoms with Crippen molar-refractivity contribution in [1.29, 1.82) is 5.41 Å². The number of nitrogens with zero attached hydrogens (tertiary/aromatic N) is 4. The summed E-state index contributed by atoms with van der Waals surface area (Å²) in [5, 5.41) is 18.7. The largest absolute Gasteiger partial charge is 0.404 e. The molecule has 0 aliphatic heterocycles. The number of pyridine rings is 2. The molecule has 0 radical (unpaired) electrons. The lowest BCUT2D eigenvalue weighted by atomic mass is 10.1. The van der Waals surface area contributed by atoms with Crippen molar-refractivity contribution < 1.29 is 0 Å². The molecule has 0 atom stereocenters. The molecule has 8 heteroatoms. The van der Waals surface area contributed by atoms with E-state index < -0.39 is 0 Å². The Balaban J connectivity index is 2.01. The van der Waals surface area contributed by atoms with E-state index in [9.17, 15) is 0 Å². The maximum Gasteiger partial charge on any atom is 0.210 e. The Morgan fingerprint density at radius 2 is 2.24 bits per heavy atom. The van der Waals surface area contributed by atoms with Gasteiger partial charge in [0, 0.05) is 29.7 Å². The van der Waals surface area contributed by atoms with Crippen LogP contribution in [0, 0.1) is 5.41 Å². The Morgan fingerprint density at radius 3 is 2.95 bits per heavy atom. The minimum Gasteiger partial charge on any atom is -0.404 e. The molecule has 0 saturated carbocycles. The molecule has 0 aromatic carbocycles. The van der Waals surface area contributed by atoms with Crippen molar-refractivity contribution in [3.05, 3.63) is 41.7 Å². The minimum atomic E-state index is 0.591. The van der Waals surface area contributed by atoms with E-state index in [0.717, 1.165) is 11.1 Å². The van der Waals surface area contributed by atoms with Crippen LogP contribution in [-0.2, 0) is 0 Å². The van der Waals surface area contributed by atoms with Gasteiger partial charge in [-0.15, -0.1) is 10.2 Å². The lowest BCUT2D eigenvalue weighted by molar-refractivity contribution is 1.09. The van der Waals surface area contributed by atoms with Crippen LogP contribution >= 0.6 is 11.3 Å². The van der Waals surface area contributed by atoms with Crippen molar-refractivity contribution in [2.75, 3.05) is 5.32 Å². The van der Waals surface area contributed by atoms with Gasteiger partial charge in [-0.3, -0.25) is 4.98 Å². The van der Waals surface area contributed by atoms with Gasteiger partial charge in [0.1, 0.15) is 11.3 Å². The predicted molar refractivity (Wildman–Crippen MR) is 83.7 cm³/mol. The number of allylic oxidation sites excluding steroid dienone is 1. The minimum absolute atomic E-state index is 0.591. The molecule has 4 N–H and O–H groups in total. The second-order valence-corrected chi connectivity index (χ2v) is 4.93. The zero-order chi connectivity index (χ0) is 14.7. The summed E-state index contributed by atoms with van der Waals surface area (Å²) in [6, 6.07) is 5.54. The maximum atomic E-state index is 7.33. The lowest BCUT2D eigenvalue weighted by Crippen LogP contribution is -1.96. The number of hydrogen-bond donors (Lipinski definition) is 3. The third-order valence-electron chi connectivity index (χ3n) is 2.80. The molecular formula is C13H11N7S. The highest BCUT2D eigenvalue weighted by Crippen LogP contribution is 2.20. The molecule has 0 unspecified atom stereocenters. The Morgan fingerprint density at radius 1 is 1.33 bits per heavy atom. The van der Waals surface area contributed by atoms with Gasteiger partial charge >= 0.3 is 0 Å². The average Bonchev–Trinajstić information content (AvgIpc) is 3.01. The summed E-state index contributed by atoms with van der Waals surface area (Å²) in [6.07, 6.45) is 4.23. The van der Waals surface area contributed by atoms with Crippen LogP contribution in [0.2, 0.25) is 0 Å². The second-order valence-electron chi connectivity index (χ2n) is 4.09. The quantitative estimate of drug-likeness (QED) is 0.636. The van der Waals surface area contributed by atoms with Gasteiger partial charge in [0.25, 0.3) is 0 Å². The molecular weight excluding hydrogens is 286 g/mol. The van der Waals surface area contributed by atoms with Crippen LogP contribution in [-0.4, -0.2) is 26.4 Å². The summed E-state index contributed by atoms with van der Waals surface area (Å²) >= 11 is 1.39. The molecule has 0 bridgehead atoms. The molecule has 0 saturated heterocycles. The summed E-state index contributed by atoms with van der Waals surface area (Å²) in [5.74, 6) is 0.659. The van der Waals surface area contributed by atoms with Gasteiger partial charge in [0.2, 0.25) is 5.13 Å². The molecule has 3 aromatic rings. The van der Waals surface area contributed by atoms with Crippen LogP contribution in [0.4, 0.5) is 10.9 Å². The number of anilines is 2. The van der Waals surface area contributed by atoms with E-state index in [0.29, 0.717) is 22.0 Å². The first-order valence-corrected chi connectivity index (χ1v) is 6.91. The first-order chi connectivity index (χ1) is 10.3. The van der Waals surface area contributed by atoms with Gasteiger partial charge < -0.3 is 16.5 Å². The molecule has 0 fully saturated rings. The normalized spacial score (nSPS) is 11.5. The molecule has 0 aliphatic carbocycles. The fourth-order valence-electron chi connectivity index (χ4n) is 1.80. The maximum absolute atomic E-state index is 7.33. The smallest absolute Gasteiger partial charge is 0.210 e. The van der Waals surface area contributed by atoms with Gasteiger partial charge in [0.15, 0.2) is 0 Å². The topological polar surface area (TPSA) is 113 Å². The van der Waals surface area contributed by atoms with Crippen molar-refractivity contribution in [2.45, 2.75) is 0 Å². The lowest BCUT2D eigenvalue weighted by Gasteiger charge is -2.05. The van der Waals surface area contributed by atoms with Crippen molar-refractivity contribution in [1.82, 2.24) is 20.2 Å². The number of nitrogens with one attached hydrogen (secondary N) is 2. The number of fused-ring (bicyclic) bond motifs is 1. The van der Waals surface area contributed by atoms with Gasteiger partial charge in [0.05, 0.1) is 11.0 Å². The van der Waals surface area contributed by atoms with Crippen molar-refractivity contribution >= 4 is 45.1 Å². The van der Waals surface area contributed by atoms with Gasteiger partial charge in [-0.25, -0.2) is 4.98 Å². The van der Waals surface area contributed by atoms with E-state index >= 15 is 0 Å². The second kappa shape index (κ2) is 5.63. The fourth-order valence-corrected chi connectivity index (χ4v) is 2.25. The van der Waals surface area contributed by atoms with E-state index in [1.165, 1.54) is 23.8 Å². The fraction of sp³-hybridized carbons (Fsp3) is 0. The molecule has 21 heavy (non-hydrogen) atoms. The van der Waals surface area contributed by atoms with E-state index in [1.807, 2.05) is 18.2 Å². The Bertz CT molecular complexity index is 811. The summed E-state index contributed by atoms with van der Waals surface area (Å²) in [6.45, 7) is 0. The highest BCUT2D eigenvalue weighted by molar-refractivity contribution is 7.13. The number of hydrogen-bond acceptors (Lipinski definition) is 8. The van der Waals surface area contributed by atoms with Crippen molar-refractivity contribution in [3.8, 4) is 0 Å². The standard InChI is InChI=1S/C13H11N7S/c14-4-9(5-15)8-3-11-10(16-6-8)1-2-12(18-11)19-13-20-17-7-21-13/h1-7,14H,15H2,(H,18,19,20). The van der Waals surface area contributed by atoms with Crippen LogP contribution < -0.4 is 11.1 Å². The van der Waals surface area contributed by atoms with Crippen LogP contribution in [0.1, 0.15) is 5.56 Å². The molecule has 3 aromatic heterocycles. The third kappa shape index (κ3) is 2.70. The molecule has 104 valence electrons. The zero-order valence-corrected chi connectivity index (χ0v) is 11.6. The summed E-state index contributed by atoms with van der Waals surface area (Å²) in [4.78, 5) is 8.80. The Hall–Kier alpha value is -2.87. The van der Waals surface area contributed by atoms with E-state index in [1.54, 1.807) is 11.7 Å².